The Morgan fingerprint density at radius 1 is 1.00 bits per heavy atom. The highest BCUT2D eigenvalue weighted by Crippen LogP contribution is 2.43. The fourth-order valence-electron chi connectivity index (χ4n) is 7.21. The highest BCUT2D eigenvalue weighted by Gasteiger charge is 2.47. The van der Waals surface area contributed by atoms with Crippen LogP contribution in [0.1, 0.15) is 73.0 Å². The van der Waals surface area contributed by atoms with Gasteiger partial charge in [-0.15, -0.1) is 0 Å². The normalized spacial score (nSPS) is 24.7. The van der Waals surface area contributed by atoms with Gasteiger partial charge in [0.05, 0.1) is 0 Å². The van der Waals surface area contributed by atoms with Crippen LogP contribution in [0.4, 0.5) is 13.2 Å². The number of alkyl halides is 3. The van der Waals surface area contributed by atoms with Crippen molar-refractivity contribution in [3.63, 3.8) is 0 Å². The molecule has 1 aliphatic carbocycles. The number of piperazine rings is 1. The second-order valence-electron chi connectivity index (χ2n) is 13.6. The number of carbonyl (C=O) groups excluding carboxylic acids is 3. The topological polar surface area (TPSA) is 73.0 Å². The van der Waals surface area contributed by atoms with E-state index in [1.165, 1.54) is 20.9 Å². The van der Waals surface area contributed by atoms with E-state index in [0.717, 1.165) is 24.8 Å². The van der Waals surface area contributed by atoms with Crippen molar-refractivity contribution in [3.8, 4) is 0 Å². The van der Waals surface area contributed by atoms with Crippen LogP contribution in [-0.2, 0) is 22.7 Å². The SMILES string of the molecule is CC1(C)CCC(CN2CCN(Cc3ccc4c(c3)CN(C3CCC(=O)NC3=O)C4=O)C(C(F)(F)F)C2)=C(c2ccc(Cl)cc2)C1. The molecule has 6 rings (SSSR count). The maximum absolute atomic E-state index is 14.5. The molecule has 240 valence electrons. The van der Waals surface area contributed by atoms with Gasteiger partial charge >= 0.3 is 6.18 Å². The molecule has 2 aromatic carbocycles. The summed E-state index contributed by atoms with van der Waals surface area (Å²) in [6, 6.07) is 10.5. The first-order valence-corrected chi connectivity index (χ1v) is 15.9. The Morgan fingerprint density at radius 2 is 1.76 bits per heavy atom. The van der Waals surface area contributed by atoms with Crippen molar-refractivity contribution in [2.24, 2.45) is 5.41 Å². The molecule has 2 atom stereocenters. The number of benzene rings is 2. The molecule has 45 heavy (non-hydrogen) atoms. The van der Waals surface area contributed by atoms with Gasteiger partial charge in [-0.2, -0.15) is 13.2 Å². The van der Waals surface area contributed by atoms with Gasteiger partial charge in [-0.1, -0.05) is 55.3 Å². The fourth-order valence-corrected chi connectivity index (χ4v) is 7.34. The van der Waals surface area contributed by atoms with Gasteiger partial charge in [-0.25, -0.2) is 0 Å². The number of amides is 3. The van der Waals surface area contributed by atoms with Crippen molar-refractivity contribution in [2.75, 3.05) is 26.2 Å². The minimum atomic E-state index is -4.41. The van der Waals surface area contributed by atoms with Crippen LogP contribution in [0.25, 0.3) is 5.57 Å². The number of nitrogens with zero attached hydrogens (tertiary/aromatic N) is 3. The van der Waals surface area contributed by atoms with Crippen molar-refractivity contribution in [1.29, 1.82) is 0 Å². The summed E-state index contributed by atoms with van der Waals surface area (Å²) in [4.78, 5) is 41.9. The van der Waals surface area contributed by atoms with Crippen molar-refractivity contribution < 1.29 is 27.6 Å². The maximum Gasteiger partial charge on any atom is 0.405 e. The third-order valence-corrected chi connectivity index (χ3v) is 9.97. The van der Waals surface area contributed by atoms with E-state index in [0.29, 0.717) is 34.8 Å². The number of nitrogens with one attached hydrogen (secondary N) is 1. The number of piperidine rings is 1. The number of fused-ring (bicyclic) bond motifs is 1. The molecule has 3 amide bonds. The number of allylic oxidation sites excluding steroid dienone is 1. The third kappa shape index (κ3) is 6.83. The molecule has 7 nitrogen and oxygen atoms in total. The average molecular weight is 643 g/mol. The number of carbonyl (C=O) groups is 3. The molecular weight excluding hydrogens is 605 g/mol. The van der Waals surface area contributed by atoms with Gasteiger partial charge in [-0.05, 0) is 71.6 Å². The van der Waals surface area contributed by atoms with E-state index >= 15 is 0 Å². The summed E-state index contributed by atoms with van der Waals surface area (Å²) in [6.45, 7) is 5.93. The van der Waals surface area contributed by atoms with Crippen LogP contribution in [0.5, 0.6) is 0 Å². The molecule has 0 saturated carbocycles. The van der Waals surface area contributed by atoms with Crippen molar-refractivity contribution in [3.05, 3.63) is 75.3 Å². The predicted octanol–water partition coefficient (Wildman–Crippen LogP) is 5.81. The fraction of sp³-hybridized carbons (Fsp3) is 0.500. The van der Waals surface area contributed by atoms with Crippen LogP contribution in [0.15, 0.2) is 48.0 Å². The highest BCUT2D eigenvalue weighted by molar-refractivity contribution is 6.30. The summed E-state index contributed by atoms with van der Waals surface area (Å²) in [7, 11) is 0. The molecule has 3 aliphatic heterocycles. The lowest BCUT2D eigenvalue weighted by Crippen LogP contribution is -2.58. The van der Waals surface area contributed by atoms with Crippen molar-refractivity contribution >= 4 is 34.9 Å². The molecule has 3 heterocycles. The minimum Gasteiger partial charge on any atom is -0.322 e. The monoisotopic (exact) mass is 642 g/mol. The van der Waals surface area contributed by atoms with Gasteiger partial charge in [0.25, 0.3) is 5.91 Å². The minimum absolute atomic E-state index is 0.102. The van der Waals surface area contributed by atoms with Crippen molar-refractivity contribution in [2.45, 2.75) is 77.3 Å². The molecule has 2 unspecified atom stereocenters. The number of rotatable bonds is 6. The summed E-state index contributed by atoms with van der Waals surface area (Å²) < 4.78 is 43.5. The smallest absolute Gasteiger partial charge is 0.322 e. The number of halogens is 4. The van der Waals surface area contributed by atoms with E-state index in [-0.39, 0.29) is 56.3 Å². The van der Waals surface area contributed by atoms with Crippen LogP contribution in [-0.4, -0.2) is 76.9 Å². The zero-order valence-corrected chi connectivity index (χ0v) is 26.3. The van der Waals surface area contributed by atoms with Crippen LogP contribution < -0.4 is 5.32 Å². The molecule has 0 spiro atoms. The summed E-state index contributed by atoms with van der Waals surface area (Å²) in [6.07, 6.45) is -1.28. The molecule has 4 aliphatic rings. The predicted molar refractivity (Wildman–Crippen MR) is 165 cm³/mol. The van der Waals surface area contributed by atoms with E-state index < -0.39 is 24.2 Å². The Bertz CT molecular complexity index is 1540. The summed E-state index contributed by atoms with van der Waals surface area (Å²) >= 11 is 6.13. The second-order valence-corrected chi connectivity index (χ2v) is 14.0. The molecule has 2 fully saturated rings. The van der Waals surface area contributed by atoms with Crippen LogP contribution in [0.3, 0.4) is 0 Å². The van der Waals surface area contributed by atoms with Crippen LogP contribution >= 0.6 is 11.6 Å². The molecule has 2 aromatic rings. The maximum atomic E-state index is 14.5. The molecule has 0 bridgehead atoms. The Morgan fingerprint density at radius 3 is 2.47 bits per heavy atom. The first-order valence-electron chi connectivity index (χ1n) is 15.5. The van der Waals surface area contributed by atoms with E-state index in [9.17, 15) is 27.6 Å². The largest absolute Gasteiger partial charge is 0.405 e. The van der Waals surface area contributed by atoms with Gasteiger partial charge in [0, 0.05) is 56.3 Å². The lowest BCUT2D eigenvalue weighted by atomic mass is 9.72. The van der Waals surface area contributed by atoms with Crippen molar-refractivity contribution in [1.82, 2.24) is 20.0 Å². The summed E-state index contributed by atoms with van der Waals surface area (Å²) in [5, 5.41) is 2.94. The van der Waals surface area contributed by atoms with Gasteiger partial charge < -0.3 is 4.90 Å². The molecular formula is C34H38ClF3N4O3. The Labute approximate surface area is 266 Å². The van der Waals surface area contributed by atoms with E-state index in [2.05, 4.69) is 19.2 Å². The Kier molecular flexibility index (Phi) is 8.60. The standard InChI is InChI=1S/C34H38ClF3N4O3/c1-33(2)12-11-23(27(16-33)22-4-6-25(35)7-5-22)18-40-13-14-41(29(20-40)34(36,37)38)17-21-3-8-26-24(15-21)19-42(32(26)45)28-9-10-30(43)39-31(28)44/h3-8,15,28-29H,9-14,16-20H2,1-2H3,(H,39,43,44). The van der Waals surface area contributed by atoms with Gasteiger partial charge in [-0.3, -0.25) is 29.5 Å². The summed E-state index contributed by atoms with van der Waals surface area (Å²) in [5.74, 6) is -1.15. The number of imide groups is 1. The first kappa shape index (κ1) is 31.8. The summed E-state index contributed by atoms with van der Waals surface area (Å²) in [5.41, 5.74) is 5.44. The van der Waals surface area contributed by atoms with Gasteiger partial charge in [0.15, 0.2) is 0 Å². The lowest BCUT2D eigenvalue weighted by molar-refractivity contribution is -0.198. The second kappa shape index (κ2) is 12.2. The zero-order valence-electron chi connectivity index (χ0n) is 25.6. The number of hydrogen-bond donors (Lipinski definition) is 1. The molecule has 0 radical (unpaired) electrons. The van der Waals surface area contributed by atoms with E-state index in [4.69, 9.17) is 11.6 Å². The Balaban J connectivity index is 1.16. The lowest BCUT2D eigenvalue weighted by Gasteiger charge is -2.43. The van der Waals surface area contributed by atoms with Crippen LogP contribution in [0.2, 0.25) is 5.02 Å². The van der Waals surface area contributed by atoms with E-state index in [1.807, 2.05) is 29.2 Å². The molecule has 0 aromatic heterocycles. The molecule has 11 heteroatoms. The van der Waals surface area contributed by atoms with Gasteiger partial charge in [0.1, 0.15) is 12.1 Å². The quantitative estimate of drug-likeness (QED) is 0.403. The molecule has 1 N–H and O–H groups in total. The van der Waals surface area contributed by atoms with E-state index in [1.54, 1.807) is 18.2 Å². The third-order valence-electron chi connectivity index (χ3n) is 9.72. The van der Waals surface area contributed by atoms with Crippen LogP contribution in [0, 0.1) is 5.41 Å². The first-order chi connectivity index (χ1) is 21.3. The molecule has 2 saturated heterocycles. The highest BCUT2D eigenvalue weighted by atomic mass is 35.5. The van der Waals surface area contributed by atoms with Gasteiger partial charge in [0.2, 0.25) is 11.8 Å². The number of hydrogen-bond acceptors (Lipinski definition) is 5. The average Bonchev–Trinajstić information content (AvgIpc) is 3.29. The zero-order chi connectivity index (χ0) is 32.1. The Hall–Kier alpha value is -3.21.